The maximum Gasteiger partial charge on any atom is 0.246 e. The number of hydrogen-bond donors (Lipinski definition) is 1. The summed E-state index contributed by atoms with van der Waals surface area (Å²) in [6, 6.07) is 14.9. The van der Waals surface area contributed by atoms with Gasteiger partial charge in [0, 0.05) is 10.9 Å². The van der Waals surface area contributed by atoms with Gasteiger partial charge >= 0.3 is 0 Å². The zero-order valence-corrected chi connectivity index (χ0v) is 15.4. The molecule has 1 amide bonds. The third kappa shape index (κ3) is 5.46. The summed E-state index contributed by atoms with van der Waals surface area (Å²) in [6.45, 7) is -0.0109. The Balaban J connectivity index is 1.51. The minimum atomic E-state index is -0.304. The van der Waals surface area contributed by atoms with E-state index in [0.29, 0.717) is 11.4 Å². The van der Waals surface area contributed by atoms with E-state index >= 15 is 0 Å². The fourth-order valence-electron chi connectivity index (χ4n) is 2.26. The number of rotatable bonds is 7. The Morgan fingerprint density at radius 3 is 2.71 bits per heavy atom. The zero-order chi connectivity index (χ0) is 19.8. The van der Waals surface area contributed by atoms with E-state index in [1.54, 1.807) is 41.8 Å². The predicted molar refractivity (Wildman–Crippen MR) is 104 cm³/mol. The quantitative estimate of drug-likeness (QED) is 0.490. The molecule has 0 atom stereocenters. The van der Waals surface area contributed by atoms with Crippen LogP contribution in [0, 0.1) is 17.1 Å². The molecule has 0 aliphatic carbocycles. The average molecular weight is 394 g/mol. The summed E-state index contributed by atoms with van der Waals surface area (Å²) in [5.74, 6) is -0.00786. The number of thiazole rings is 1. The van der Waals surface area contributed by atoms with Gasteiger partial charge in [-0.05, 0) is 54.1 Å². The van der Waals surface area contributed by atoms with Gasteiger partial charge < -0.3 is 4.74 Å². The van der Waals surface area contributed by atoms with Crippen molar-refractivity contribution in [1.29, 1.82) is 5.26 Å². The maximum atomic E-state index is 13.0. The number of hydrazone groups is 1. The molecule has 2 aromatic carbocycles. The Morgan fingerprint density at radius 1 is 1.25 bits per heavy atom. The molecule has 1 heterocycles. The predicted octanol–water partition coefficient (Wildman–Crippen LogP) is 3.54. The van der Waals surface area contributed by atoms with Gasteiger partial charge in [0.15, 0.2) is 6.61 Å². The lowest BCUT2D eigenvalue weighted by molar-refractivity contribution is -0.120. The van der Waals surface area contributed by atoms with Crippen molar-refractivity contribution in [2.24, 2.45) is 5.10 Å². The number of carbonyl (C=O) groups excluding carboxylic acids is 1. The third-order valence-electron chi connectivity index (χ3n) is 3.57. The Morgan fingerprint density at radius 2 is 2.00 bits per heavy atom. The largest absolute Gasteiger partial charge is 0.479 e. The molecule has 8 heteroatoms. The summed E-state index contributed by atoms with van der Waals surface area (Å²) in [5.41, 5.74) is 4.66. The standard InChI is InChI=1S/C20H15FN4O2S/c21-16-5-3-15(4-6-16)20-24-17(13-28-20)11-19(26)25-23-12-14-1-7-18(8-2-14)27-10-9-22/h1-8,12-13H,10-11H2,(H,25,26)/b23-12-. The highest BCUT2D eigenvalue weighted by Gasteiger charge is 2.08. The normalized spacial score (nSPS) is 10.6. The second-order valence-electron chi connectivity index (χ2n) is 5.64. The van der Waals surface area contributed by atoms with E-state index in [9.17, 15) is 9.18 Å². The van der Waals surface area contributed by atoms with E-state index in [1.165, 1.54) is 29.7 Å². The molecule has 0 fully saturated rings. The van der Waals surface area contributed by atoms with Gasteiger partial charge in [-0.25, -0.2) is 14.8 Å². The Hall–Kier alpha value is -3.57. The molecule has 0 radical (unpaired) electrons. The third-order valence-corrected chi connectivity index (χ3v) is 4.51. The highest BCUT2D eigenvalue weighted by Crippen LogP contribution is 2.24. The van der Waals surface area contributed by atoms with Crippen LogP contribution in [0.15, 0.2) is 59.0 Å². The topological polar surface area (TPSA) is 87.4 Å². The first-order valence-electron chi connectivity index (χ1n) is 8.26. The first kappa shape index (κ1) is 19.2. The Bertz CT molecular complexity index is 1010. The maximum absolute atomic E-state index is 13.0. The summed E-state index contributed by atoms with van der Waals surface area (Å²) in [4.78, 5) is 16.4. The number of amides is 1. The molecule has 0 saturated carbocycles. The SMILES string of the molecule is N#CCOc1ccc(/C=N\NC(=O)Cc2csc(-c3ccc(F)cc3)n2)cc1. The number of halogens is 1. The Kier molecular flexibility index (Phi) is 6.44. The molecule has 6 nitrogen and oxygen atoms in total. The van der Waals surface area contributed by atoms with Crippen LogP contribution in [0.5, 0.6) is 5.75 Å². The lowest BCUT2D eigenvalue weighted by Crippen LogP contribution is -2.19. The van der Waals surface area contributed by atoms with Crippen molar-refractivity contribution in [3.8, 4) is 22.4 Å². The highest BCUT2D eigenvalue weighted by molar-refractivity contribution is 7.13. The van der Waals surface area contributed by atoms with Gasteiger partial charge in [-0.15, -0.1) is 11.3 Å². The summed E-state index contributed by atoms with van der Waals surface area (Å²) < 4.78 is 18.1. The van der Waals surface area contributed by atoms with Crippen molar-refractivity contribution < 1.29 is 13.9 Å². The van der Waals surface area contributed by atoms with E-state index in [0.717, 1.165) is 16.1 Å². The molecule has 3 aromatic rings. The van der Waals surface area contributed by atoms with Gasteiger partial charge in [0.1, 0.15) is 22.6 Å². The second-order valence-corrected chi connectivity index (χ2v) is 6.49. The van der Waals surface area contributed by atoms with Gasteiger partial charge in [-0.2, -0.15) is 10.4 Å². The van der Waals surface area contributed by atoms with E-state index in [-0.39, 0.29) is 24.8 Å². The van der Waals surface area contributed by atoms with Gasteiger partial charge in [-0.1, -0.05) is 0 Å². The summed E-state index contributed by atoms with van der Waals surface area (Å²) in [5, 5.41) is 14.9. The molecule has 0 bridgehead atoms. The van der Waals surface area contributed by atoms with E-state index in [1.807, 2.05) is 6.07 Å². The van der Waals surface area contributed by atoms with Crippen LogP contribution in [0.25, 0.3) is 10.6 Å². The van der Waals surface area contributed by atoms with Crippen molar-refractivity contribution >= 4 is 23.5 Å². The van der Waals surface area contributed by atoms with Crippen LogP contribution in [-0.2, 0) is 11.2 Å². The van der Waals surface area contributed by atoms with Crippen LogP contribution in [0.1, 0.15) is 11.3 Å². The average Bonchev–Trinajstić information content (AvgIpc) is 3.16. The van der Waals surface area contributed by atoms with Crippen LogP contribution in [0.2, 0.25) is 0 Å². The molecule has 1 aromatic heterocycles. The summed E-state index contributed by atoms with van der Waals surface area (Å²) >= 11 is 1.39. The smallest absolute Gasteiger partial charge is 0.246 e. The van der Waals surface area contributed by atoms with Crippen molar-refractivity contribution in [2.45, 2.75) is 6.42 Å². The van der Waals surface area contributed by atoms with E-state index in [2.05, 4.69) is 15.5 Å². The van der Waals surface area contributed by atoms with Crippen LogP contribution < -0.4 is 10.2 Å². The van der Waals surface area contributed by atoms with Crippen molar-refractivity contribution in [1.82, 2.24) is 10.4 Å². The number of benzene rings is 2. The van der Waals surface area contributed by atoms with E-state index < -0.39 is 0 Å². The number of carbonyl (C=O) groups is 1. The van der Waals surface area contributed by atoms with Gasteiger partial charge in [-0.3, -0.25) is 4.79 Å². The lowest BCUT2D eigenvalue weighted by atomic mass is 10.2. The minimum Gasteiger partial charge on any atom is -0.479 e. The highest BCUT2D eigenvalue weighted by atomic mass is 32.1. The van der Waals surface area contributed by atoms with Gasteiger partial charge in [0.05, 0.1) is 18.3 Å². The lowest BCUT2D eigenvalue weighted by Gasteiger charge is -2.01. The Labute approximate surface area is 164 Å². The number of nitrogens with one attached hydrogen (secondary N) is 1. The molecule has 0 saturated heterocycles. The first-order valence-corrected chi connectivity index (χ1v) is 9.14. The fourth-order valence-corrected chi connectivity index (χ4v) is 3.09. The minimum absolute atomic E-state index is 0.0109. The first-order chi connectivity index (χ1) is 13.6. The summed E-state index contributed by atoms with van der Waals surface area (Å²) in [7, 11) is 0. The molecule has 1 N–H and O–H groups in total. The van der Waals surface area contributed by atoms with Crippen molar-refractivity contribution in [2.75, 3.05) is 6.61 Å². The molecular formula is C20H15FN4O2S. The molecular weight excluding hydrogens is 379 g/mol. The molecule has 3 rings (SSSR count). The van der Waals surface area contributed by atoms with E-state index in [4.69, 9.17) is 10.00 Å². The molecule has 0 spiro atoms. The van der Waals surface area contributed by atoms with Crippen molar-refractivity contribution in [3.05, 3.63) is 71.0 Å². The van der Waals surface area contributed by atoms with Gasteiger partial charge in [0.25, 0.3) is 0 Å². The van der Waals surface area contributed by atoms with Crippen LogP contribution in [0.3, 0.4) is 0 Å². The van der Waals surface area contributed by atoms with Crippen LogP contribution in [-0.4, -0.2) is 23.7 Å². The zero-order valence-electron chi connectivity index (χ0n) is 14.6. The number of nitrogens with zero attached hydrogens (tertiary/aromatic N) is 3. The molecule has 140 valence electrons. The monoisotopic (exact) mass is 394 g/mol. The summed E-state index contributed by atoms with van der Waals surface area (Å²) in [6.07, 6.45) is 1.60. The number of aromatic nitrogens is 1. The van der Waals surface area contributed by atoms with Gasteiger partial charge in [0.2, 0.25) is 5.91 Å². The second kappa shape index (κ2) is 9.39. The molecule has 0 aliphatic rings. The molecule has 0 aliphatic heterocycles. The van der Waals surface area contributed by atoms with Crippen LogP contribution in [0.4, 0.5) is 4.39 Å². The number of ether oxygens (including phenoxy) is 1. The molecule has 28 heavy (non-hydrogen) atoms. The van der Waals surface area contributed by atoms with Crippen LogP contribution >= 0.6 is 11.3 Å². The molecule has 0 unspecified atom stereocenters. The number of nitriles is 1. The number of hydrogen-bond acceptors (Lipinski definition) is 6. The fraction of sp³-hybridized carbons (Fsp3) is 0.100. The van der Waals surface area contributed by atoms with Crippen molar-refractivity contribution in [3.63, 3.8) is 0 Å².